The molecule has 0 amide bonds. The van der Waals surface area contributed by atoms with Gasteiger partial charge in [-0.25, -0.2) is 9.97 Å². The Labute approximate surface area is 87.2 Å². The van der Waals surface area contributed by atoms with Gasteiger partial charge in [-0.15, -0.1) is 0 Å². The number of nitrogens with zero attached hydrogens (tertiary/aromatic N) is 4. The van der Waals surface area contributed by atoms with Crippen LogP contribution in [0.3, 0.4) is 0 Å². The first-order valence-corrected chi connectivity index (χ1v) is 4.51. The summed E-state index contributed by atoms with van der Waals surface area (Å²) in [5.41, 5.74) is 7.20. The average molecular weight is 204 g/mol. The topological polar surface area (TPSA) is 81.7 Å². The molecule has 2 aromatic rings. The van der Waals surface area contributed by atoms with Crippen molar-refractivity contribution in [2.75, 3.05) is 18.1 Å². The third-order valence-corrected chi connectivity index (χ3v) is 2.13. The van der Waals surface area contributed by atoms with Crippen LogP contribution in [0.15, 0.2) is 18.5 Å². The maximum atomic E-state index is 5.52. The van der Waals surface area contributed by atoms with Gasteiger partial charge in [-0.1, -0.05) is 0 Å². The van der Waals surface area contributed by atoms with Crippen LogP contribution in [-0.2, 0) is 7.05 Å². The van der Waals surface area contributed by atoms with Gasteiger partial charge in [0.1, 0.15) is 5.82 Å². The molecule has 15 heavy (non-hydrogen) atoms. The van der Waals surface area contributed by atoms with Crippen LogP contribution in [0.2, 0.25) is 0 Å². The number of nitrogen functional groups attached to an aromatic ring is 1. The zero-order chi connectivity index (χ0) is 10.8. The van der Waals surface area contributed by atoms with Gasteiger partial charge in [-0.3, -0.25) is 4.68 Å². The predicted octanol–water partition coefficient (Wildman–Crippen LogP) is 0.501. The Balaban J connectivity index is 2.54. The summed E-state index contributed by atoms with van der Waals surface area (Å²) < 4.78 is 1.74. The molecular formula is C9H12N6. The third-order valence-electron chi connectivity index (χ3n) is 2.13. The fourth-order valence-corrected chi connectivity index (χ4v) is 1.45. The zero-order valence-electron chi connectivity index (χ0n) is 8.60. The molecule has 0 aliphatic heterocycles. The van der Waals surface area contributed by atoms with E-state index in [2.05, 4.69) is 20.4 Å². The number of hydrogen-bond acceptors (Lipinski definition) is 5. The molecule has 0 spiro atoms. The molecule has 78 valence electrons. The van der Waals surface area contributed by atoms with E-state index in [0.29, 0.717) is 0 Å². The first kappa shape index (κ1) is 9.45. The van der Waals surface area contributed by atoms with E-state index in [-0.39, 0.29) is 5.95 Å². The summed E-state index contributed by atoms with van der Waals surface area (Å²) >= 11 is 0. The molecule has 0 aliphatic rings. The van der Waals surface area contributed by atoms with E-state index in [9.17, 15) is 0 Å². The summed E-state index contributed by atoms with van der Waals surface area (Å²) in [7, 11) is 3.70. The van der Waals surface area contributed by atoms with Gasteiger partial charge < -0.3 is 11.1 Å². The van der Waals surface area contributed by atoms with Crippen LogP contribution in [0.4, 0.5) is 11.8 Å². The molecule has 0 atom stereocenters. The van der Waals surface area contributed by atoms with Crippen molar-refractivity contribution in [3.8, 4) is 11.3 Å². The fourth-order valence-electron chi connectivity index (χ4n) is 1.45. The number of anilines is 2. The highest BCUT2D eigenvalue weighted by atomic mass is 15.3. The monoisotopic (exact) mass is 204 g/mol. The van der Waals surface area contributed by atoms with Gasteiger partial charge in [-0.05, 0) is 6.07 Å². The van der Waals surface area contributed by atoms with E-state index in [1.54, 1.807) is 23.1 Å². The van der Waals surface area contributed by atoms with Crippen molar-refractivity contribution in [1.82, 2.24) is 19.7 Å². The number of aromatic nitrogens is 4. The van der Waals surface area contributed by atoms with Crippen molar-refractivity contribution in [3.05, 3.63) is 18.5 Å². The Morgan fingerprint density at radius 1 is 1.47 bits per heavy atom. The summed E-state index contributed by atoms with van der Waals surface area (Å²) in [5.74, 6) is 1.16. The van der Waals surface area contributed by atoms with E-state index in [0.717, 1.165) is 17.1 Å². The normalized spacial score (nSPS) is 10.3. The molecule has 2 heterocycles. The van der Waals surface area contributed by atoms with Crippen molar-refractivity contribution in [2.45, 2.75) is 0 Å². The molecule has 0 fully saturated rings. The predicted molar refractivity (Wildman–Crippen MR) is 58.2 cm³/mol. The van der Waals surface area contributed by atoms with Crippen LogP contribution in [0.5, 0.6) is 0 Å². The highest BCUT2D eigenvalue weighted by molar-refractivity contribution is 5.72. The van der Waals surface area contributed by atoms with E-state index < -0.39 is 0 Å². The number of rotatable bonds is 2. The second-order valence-electron chi connectivity index (χ2n) is 3.08. The van der Waals surface area contributed by atoms with Crippen LogP contribution in [0.25, 0.3) is 11.3 Å². The minimum absolute atomic E-state index is 0.262. The number of nitrogens with one attached hydrogen (secondary N) is 1. The van der Waals surface area contributed by atoms with E-state index in [1.165, 1.54) is 0 Å². The van der Waals surface area contributed by atoms with Crippen molar-refractivity contribution in [1.29, 1.82) is 0 Å². The summed E-state index contributed by atoms with van der Waals surface area (Å²) in [5, 5.41) is 7.21. The quantitative estimate of drug-likeness (QED) is 0.744. The zero-order valence-corrected chi connectivity index (χ0v) is 8.60. The standard InChI is InChI=1S/C9H12N6/c1-11-8-6(5-13-15(8)2)7-3-4-12-9(10)14-7/h3-5,11H,1-2H3,(H2,10,12,14). The van der Waals surface area contributed by atoms with E-state index in [4.69, 9.17) is 5.73 Å². The van der Waals surface area contributed by atoms with E-state index >= 15 is 0 Å². The minimum Gasteiger partial charge on any atom is -0.373 e. The Morgan fingerprint density at radius 3 is 2.93 bits per heavy atom. The van der Waals surface area contributed by atoms with Gasteiger partial charge >= 0.3 is 0 Å². The Hall–Kier alpha value is -2.11. The molecule has 2 rings (SSSR count). The van der Waals surface area contributed by atoms with Crippen LogP contribution in [0.1, 0.15) is 0 Å². The molecule has 0 unspecified atom stereocenters. The molecule has 2 aromatic heterocycles. The molecule has 0 aromatic carbocycles. The van der Waals surface area contributed by atoms with Crippen molar-refractivity contribution in [3.63, 3.8) is 0 Å². The third kappa shape index (κ3) is 1.61. The van der Waals surface area contributed by atoms with Gasteiger partial charge in [0.25, 0.3) is 0 Å². The molecule has 0 saturated heterocycles. The second-order valence-corrected chi connectivity index (χ2v) is 3.08. The molecule has 0 bridgehead atoms. The maximum Gasteiger partial charge on any atom is 0.220 e. The van der Waals surface area contributed by atoms with Crippen LogP contribution < -0.4 is 11.1 Å². The highest BCUT2D eigenvalue weighted by Gasteiger charge is 2.10. The molecule has 3 N–H and O–H groups in total. The number of aryl methyl sites for hydroxylation is 1. The smallest absolute Gasteiger partial charge is 0.220 e. The van der Waals surface area contributed by atoms with E-state index in [1.807, 2.05) is 14.1 Å². The first-order chi connectivity index (χ1) is 7.22. The number of hydrogen-bond donors (Lipinski definition) is 2. The summed E-state index contributed by atoms with van der Waals surface area (Å²) in [4.78, 5) is 7.99. The number of nitrogens with two attached hydrogens (primary N) is 1. The first-order valence-electron chi connectivity index (χ1n) is 4.51. The highest BCUT2D eigenvalue weighted by Crippen LogP contribution is 2.24. The lowest BCUT2D eigenvalue weighted by Gasteiger charge is -2.04. The minimum atomic E-state index is 0.262. The van der Waals surface area contributed by atoms with Gasteiger partial charge in [-0.2, -0.15) is 5.10 Å². The summed E-state index contributed by atoms with van der Waals surface area (Å²) in [6, 6.07) is 1.80. The molecule has 6 nitrogen and oxygen atoms in total. The Bertz CT molecular complexity index is 475. The van der Waals surface area contributed by atoms with Crippen LogP contribution >= 0.6 is 0 Å². The Kier molecular flexibility index (Phi) is 2.24. The van der Waals surface area contributed by atoms with Gasteiger partial charge in [0.15, 0.2) is 0 Å². The second kappa shape index (κ2) is 3.56. The van der Waals surface area contributed by atoms with Gasteiger partial charge in [0, 0.05) is 20.3 Å². The van der Waals surface area contributed by atoms with Gasteiger partial charge in [0.2, 0.25) is 5.95 Å². The maximum absolute atomic E-state index is 5.52. The van der Waals surface area contributed by atoms with Crippen molar-refractivity contribution < 1.29 is 0 Å². The molecular weight excluding hydrogens is 192 g/mol. The average Bonchev–Trinajstić information content (AvgIpc) is 2.59. The van der Waals surface area contributed by atoms with Gasteiger partial charge in [0.05, 0.1) is 17.5 Å². The lowest BCUT2D eigenvalue weighted by molar-refractivity contribution is 0.775. The molecule has 0 radical (unpaired) electrons. The van der Waals surface area contributed by atoms with Crippen LogP contribution in [-0.4, -0.2) is 26.8 Å². The lowest BCUT2D eigenvalue weighted by Crippen LogP contribution is -2.00. The van der Waals surface area contributed by atoms with Crippen molar-refractivity contribution in [2.24, 2.45) is 7.05 Å². The lowest BCUT2D eigenvalue weighted by atomic mass is 10.2. The molecule has 6 heteroatoms. The largest absolute Gasteiger partial charge is 0.373 e. The van der Waals surface area contributed by atoms with Crippen LogP contribution in [0, 0.1) is 0 Å². The molecule has 0 saturated carbocycles. The SMILES string of the molecule is CNc1c(-c2ccnc(N)n2)cnn1C. The Morgan fingerprint density at radius 2 is 2.27 bits per heavy atom. The fraction of sp³-hybridized carbons (Fsp3) is 0.222. The molecule has 0 aliphatic carbocycles. The van der Waals surface area contributed by atoms with Crippen molar-refractivity contribution >= 4 is 11.8 Å². The summed E-state index contributed by atoms with van der Waals surface area (Å²) in [6.07, 6.45) is 3.37. The summed E-state index contributed by atoms with van der Waals surface area (Å²) in [6.45, 7) is 0.